The first-order valence-corrected chi connectivity index (χ1v) is 13.2. The lowest BCUT2D eigenvalue weighted by Crippen LogP contribution is -2.07. The van der Waals surface area contributed by atoms with Crippen LogP contribution in [0.1, 0.15) is 17.4 Å². The molecule has 2 heterocycles. The van der Waals surface area contributed by atoms with Gasteiger partial charge in [0, 0.05) is 22.9 Å². The molecule has 0 aliphatic carbocycles. The first-order valence-electron chi connectivity index (χ1n) is 10.4. The Bertz CT molecular complexity index is 1370. The van der Waals surface area contributed by atoms with Gasteiger partial charge in [-0.3, -0.25) is 5.43 Å². The molecule has 0 saturated carbocycles. The average molecular weight is 493 g/mol. The molecule has 10 heteroatoms. The highest BCUT2D eigenvalue weighted by atomic mass is 32.2. The van der Waals surface area contributed by atoms with Crippen LogP contribution in [0.3, 0.4) is 0 Å². The van der Waals surface area contributed by atoms with E-state index in [-0.39, 0.29) is 4.90 Å². The van der Waals surface area contributed by atoms with Crippen molar-refractivity contribution in [3.8, 4) is 0 Å². The normalized spacial score (nSPS) is 11.8. The molecule has 8 nitrogen and oxygen atoms in total. The third-order valence-electron chi connectivity index (χ3n) is 4.82. The highest BCUT2D eigenvalue weighted by Crippen LogP contribution is 2.20. The van der Waals surface area contributed by atoms with E-state index >= 15 is 0 Å². The molecule has 174 valence electrons. The maximum absolute atomic E-state index is 11.7. The molecule has 0 radical (unpaired) electrons. The summed E-state index contributed by atoms with van der Waals surface area (Å²) in [6.07, 6.45) is 1.19. The summed E-state index contributed by atoms with van der Waals surface area (Å²) >= 11 is 1.67. The molecule has 0 amide bonds. The van der Waals surface area contributed by atoms with Crippen molar-refractivity contribution in [3.63, 3.8) is 0 Å². The number of anilines is 4. The van der Waals surface area contributed by atoms with E-state index in [0.717, 1.165) is 11.3 Å². The van der Waals surface area contributed by atoms with E-state index in [0.29, 0.717) is 29.8 Å². The molecule has 0 unspecified atom stereocenters. The van der Waals surface area contributed by atoms with Gasteiger partial charge in [-0.25, -0.2) is 8.42 Å². The molecule has 3 N–H and O–H groups in total. The number of hydrogen-bond acceptors (Lipinski definition) is 9. The van der Waals surface area contributed by atoms with Crippen LogP contribution < -0.4 is 16.1 Å². The Kier molecular flexibility index (Phi) is 7.19. The van der Waals surface area contributed by atoms with Crippen molar-refractivity contribution in [1.82, 2.24) is 9.97 Å². The molecule has 0 fully saturated rings. The van der Waals surface area contributed by atoms with E-state index in [4.69, 9.17) is 0 Å². The van der Waals surface area contributed by atoms with Crippen molar-refractivity contribution in [3.05, 3.63) is 88.6 Å². The van der Waals surface area contributed by atoms with Crippen molar-refractivity contribution in [2.75, 3.05) is 22.3 Å². The number of thiophene rings is 1. The molecule has 34 heavy (non-hydrogen) atoms. The van der Waals surface area contributed by atoms with Crippen LogP contribution in [0.2, 0.25) is 0 Å². The Morgan fingerprint density at radius 3 is 2.38 bits per heavy atom. The summed E-state index contributed by atoms with van der Waals surface area (Å²) in [6, 6.07) is 22.1. The predicted molar refractivity (Wildman–Crippen MR) is 139 cm³/mol. The molecule has 0 atom stereocenters. The van der Waals surface area contributed by atoms with Crippen LogP contribution >= 0.6 is 11.3 Å². The van der Waals surface area contributed by atoms with Crippen LogP contribution in [0.5, 0.6) is 0 Å². The van der Waals surface area contributed by atoms with Gasteiger partial charge >= 0.3 is 0 Å². The molecule has 0 bridgehead atoms. The standard InChI is InChI=1S/C24H24N6O2S2/c1-17(18-10-12-21(13-11-18)34(2,31)32)29-30-23-15-22(25-16-20-9-6-14-33-20)27-24(28-23)26-19-7-4-3-5-8-19/h3-15H,16H2,1-2H3,(H3,25,26,27,28,30). The fraction of sp³-hybridized carbons (Fsp3) is 0.125. The summed E-state index contributed by atoms with van der Waals surface area (Å²) in [5.41, 5.74) is 5.34. The SMILES string of the molecule is CC(=NNc1cc(NCc2cccs2)nc(Nc2ccccc2)n1)c1ccc(S(C)(=O)=O)cc1. The van der Waals surface area contributed by atoms with E-state index < -0.39 is 9.84 Å². The largest absolute Gasteiger partial charge is 0.365 e. The first-order chi connectivity index (χ1) is 16.4. The van der Waals surface area contributed by atoms with Crippen molar-refractivity contribution < 1.29 is 8.42 Å². The minimum atomic E-state index is -3.24. The van der Waals surface area contributed by atoms with Crippen LogP contribution in [-0.2, 0) is 16.4 Å². The van der Waals surface area contributed by atoms with Crippen LogP contribution in [0.25, 0.3) is 0 Å². The van der Waals surface area contributed by atoms with Gasteiger partial charge < -0.3 is 10.6 Å². The summed E-state index contributed by atoms with van der Waals surface area (Å²) in [7, 11) is -3.24. The smallest absolute Gasteiger partial charge is 0.231 e. The van der Waals surface area contributed by atoms with Gasteiger partial charge in [0.15, 0.2) is 15.7 Å². The molecule has 4 rings (SSSR count). The van der Waals surface area contributed by atoms with Crippen molar-refractivity contribution in [2.24, 2.45) is 5.10 Å². The molecule has 0 spiro atoms. The second kappa shape index (κ2) is 10.4. The zero-order valence-corrected chi connectivity index (χ0v) is 20.3. The monoisotopic (exact) mass is 492 g/mol. The fourth-order valence-corrected chi connectivity index (χ4v) is 4.32. The Balaban J connectivity index is 1.55. The van der Waals surface area contributed by atoms with Gasteiger partial charge in [-0.1, -0.05) is 36.4 Å². The third-order valence-corrected chi connectivity index (χ3v) is 6.82. The number of para-hydroxylation sites is 1. The van der Waals surface area contributed by atoms with Gasteiger partial charge in [0.25, 0.3) is 0 Å². The summed E-state index contributed by atoms with van der Waals surface area (Å²) < 4.78 is 23.4. The van der Waals surface area contributed by atoms with Gasteiger partial charge in [-0.15, -0.1) is 11.3 Å². The van der Waals surface area contributed by atoms with Crippen molar-refractivity contribution in [1.29, 1.82) is 0 Å². The molecular weight excluding hydrogens is 468 g/mol. The lowest BCUT2D eigenvalue weighted by atomic mass is 10.1. The predicted octanol–water partition coefficient (Wildman–Crippen LogP) is 5.13. The second-order valence-electron chi connectivity index (χ2n) is 7.49. The minimum Gasteiger partial charge on any atom is -0.365 e. The summed E-state index contributed by atoms with van der Waals surface area (Å²) in [5, 5.41) is 13.0. The lowest BCUT2D eigenvalue weighted by Gasteiger charge is -2.11. The molecule has 0 saturated heterocycles. The Morgan fingerprint density at radius 2 is 1.71 bits per heavy atom. The fourth-order valence-electron chi connectivity index (χ4n) is 3.04. The molecule has 0 aliphatic rings. The molecular formula is C24H24N6O2S2. The summed E-state index contributed by atoms with van der Waals surface area (Å²) in [4.78, 5) is 10.6. The number of hydrazone groups is 1. The van der Waals surface area contributed by atoms with Crippen LogP contribution in [0.15, 0.2) is 88.2 Å². The van der Waals surface area contributed by atoms with Gasteiger partial charge in [-0.05, 0) is 48.2 Å². The van der Waals surface area contributed by atoms with E-state index in [1.165, 1.54) is 11.1 Å². The minimum absolute atomic E-state index is 0.269. The highest BCUT2D eigenvalue weighted by Gasteiger charge is 2.08. The van der Waals surface area contributed by atoms with Crippen LogP contribution in [0.4, 0.5) is 23.3 Å². The number of nitrogens with one attached hydrogen (secondary N) is 3. The molecule has 2 aromatic heterocycles. The third kappa shape index (κ3) is 6.40. The zero-order valence-electron chi connectivity index (χ0n) is 18.7. The molecule has 4 aromatic rings. The topological polar surface area (TPSA) is 108 Å². The Labute approximate surface area is 202 Å². The van der Waals surface area contributed by atoms with Gasteiger partial charge in [0.1, 0.15) is 5.82 Å². The maximum atomic E-state index is 11.7. The Morgan fingerprint density at radius 1 is 0.971 bits per heavy atom. The molecule has 0 aliphatic heterocycles. The van der Waals surface area contributed by atoms with Crippen LogP contribution in [0, 0.1) is 0 Å². The Hall–Kier alpha value is -3.76. The maximum Gasteiger partial charge on any atom is 0.231 e. The number of aromatic nitrogens is 2. The number of rotatable bonds is 9. The van der Waals surface area contributed by atoms with E-state index in [1.807, 2.05) is 48.7 Å². The van der Waals surface area contributed by atoms with Crippen molar-refractivity contribution in [2.45, 2.75) is 18.4 Å². The average Bonchev–Trinajstić information content (AvgIpc) is 3.35. The number of sulfone groups is 1. The lowest BCUT2D eigenvalue weighted by molar-refractivity contribution is 0.602. The van der Waals surface area contributed by atoms with E-state index in [9.17, 15) is 8.42 Å². The number of benzene rings is 2. The molecule has 2 aromatic carbocycles. The van der Waals surface area contributed by atoms with Crippen LogP contribution in [-0.4, -0.2) is 30.4 Å². The summed E-state index contributed by atoms with van der Waals surface area (Å²) in [5.74, 6) is 1.58. The number of hydrogen-bond donors (Lipinski definition) is 3. The summed E-state index contributed by atoms with van der Waals surface area (Å²) in [6.45, 7) is 2.48. The van der Waals surface area contributed by atoms with Gasteiger partial charge in [0.05, 0.1) is 17.2 Å². The van der Waals surface area contributed by atoms with Crippen molar-refractivity contribution >= 4 is 50.2 Å². The number of nitrogens with zero attached hydrogens (tertiary/aromatic N) is 3. The van der Waals surface area contributed by atoms with E-state index in [2.05, 4.69) is 37.2 Å². The first kappa shape index (κ1) is 23.4. The van der Waals surface area contributed by atoms with E-state index in [1.54, 1.807) is 41.7 Å². The van der Waals surface area contributed by atoms with Gasteiger partial charge in [-0.2, -0.15) is 15.1 Å². The highest BCUT2D eigenvalue weighted by molar-refractivity contribution is 7.90. The zero-order chi connectivity index (χ0) is 24.0. The second-order valence-corrected chi connectivity index (χ2v) is 10.5. The van der Waals surface area contributed by atoms with Gasteiger partial charge in [0.2, 0.25) is 5.95 Å². The quantitative estimate of drug-likeness (QED) is 0.219.